The molecule has 0 N–H and O–H groups in total. The average molecular weight is 566 g/mol. The highest BCUT2D eigenvalue weighted by atomic mass is 79.9. The molecule has 0 unspecified atom stereocenters. The van der Waals surface area contributed by atoms with Crippen molar-refractivity contribution in [3.05, 3.63) is 156 Å². The molecule has 0 aliphatic carbocycles. The fraction of sp³-hybridized carbons (Fsp3) is 0. The first-order valence-corrected chi connectivity index (χ1v) is 13.9. The lowest BCUT2D eigenvalue weighted by molar-refractivity contribution is 1.18. The van der Waals surface area contributed by atoms with E-state index in [9.17, 15) is 0 Å². The van der Waals surface area contributed by atoms with Gasteiger partial charge in [-0.2, -0.15) is 0 Å². The van der Waals surface area contributed by atoms with Crippen LogP contribution < -0.4 is 4.90 Å². The van der Waals surface area contributed by atoms with Crippen LogP contribution in [-0.4, -0.2) is 4.57 Å². The topological polar surface area (TPSA) is 8.17 Å². The number of hydrogen-bond acceptors (Lipinski definition) is 1. The Hall–Kier alpha value is -4.60. The zero-order valence-electron chi connectivity index (χ0n) is 21.2. The van der Waals surface area contributed by atoms with Gasteiger partial charge < -0.3 is 9.47 Å². The van der Waals surface area contributed by atoms with Crippen LogP contribution in [0.1, 0.15) is 0 Å². The van der Waals surface area contributed by atoms with E-state index in [1.807, 2.05) is 0 Å². The molecular weight excluding hydrogens is 540 g/mol. The summed E-state index contributed by atoms with van der Waals surface area (Å²) in [5, 5.41) is 2.51. The van der Waals surface area contributed by atoms with Gasteiger partial charge in [0, 0.05) is 38.0 Å². The molecule has 0 saturated heterocycles. The highest BCUT2D eigenvalue weighted by Gasteiger charge is 2.16. The Kier molecular flexibility index (Phi) is 5.99. The molecule has 2 nitrogen and oxygen atoms in total. The summed E-state index contributed by atoms with van der Waals surface area (Å²) in [4.78, 5) is 2.30. The molecule has 3 heteroatoms. The molecule has 39 heavy (non-hydrogen) atoms. The monoisotopic (exact) mass is 564 g/mol. The molecule has 0 bridgehead atoms. The van der Waals surface area contributed by atoms with Gasteiger partial charge in [0.25, 0.3) is 0 Å². The first kappa shape index (κ1) is 23.5. The van der Waals surface area contributed by atoms with E-state index in [1.54, 1.807) is 0 Å². The Morgan fingerprint density at radius 2 is 1.03 bits per heavy atom. The minimum absolute atomic E-state index is 1.04. The van der Waals surface area contributed by atoms with E-state index in [2.05, 4.69) is 177 Å². The Morgan fingerprint density at radius 1 is 0.436 bits per heavy atom. The van der Waals surface area contributed by atoms with Gasteiger partial charge in [-0.1, -0.05) is 101 Å². The van der Waals surface area contributed by atoms with Crippen molar-refractivity contribution in [1.82, 2.24) is 4.57 Å². The lowest BCUT2D eigenvalue weighted by atomic mass is 10.0. The number of hydrogen-bond donors (Lipinski definition) is 0. The molecule has 186 valence electrons. The van der Waals surface area contributed by atoms with Gasteiger partial charge in [-0.25, -0.2) is 0 Å². The van der Waals surface area contributed by atoms with Crippen molar-refractivity contribution < 1.29 is 0 Å². The van der Waals surface area contributed by atoms with E-state index in [4.69, 9.17) is 0 Å². The quantitative estimate of drug-likeness (QED) is 0.202. The van der Waals surface area contributed by atoms with Crippen molar-refractivity contribution in [2.24, 2.45) is 0 Å². The molecule has 0 atom stereocenters. The maximum Gasteiger partial charge on any atom is 0.0547 e. The maximum atomic E-state index is 3.82. The average Bonchev–Trinajstić information content (AvgIpc) is 3.32. The minimum Gasteiger partial charge on any atom is -0.310 e. The van der Waals surface area contributed by atoms with Crippen LogP contribution >= 0.6 is 15.9 Å². The number of nitrogens with zero attached hydrogens (tertiary/aromatic N) is 2. The summed E-state index contributed by atoms with van der Waals surface area (Å²) in [5.41, 5.74) is 9.24. The number of aromatic nitrogens is 1. The molecule has 7 aromatic rings. The van der Waals surface area contributed by atoms with Crippen LogP contribution in [0.25, 0.3) is 38.6 Å². The summed E-state index contributed by atoms with van der Waals surface area (Å²) < 4.78 is 3.41. The fourth-order valence-corrected chi connectivity index (χ4v) is 5.96. The van der Waals surface area contributed by atoms with Gasteiger partial charge in [-0.05, 0) is 77.9 Å². The molecule has 1 aromatic heterocycles. The van der Waals surface area contributed by atoms with Gasteiger partial charge in [0.2, 0.25) is 0 Å². The Balaban J connectivity index is 1.43. The zero-order valence-corrected chi connectivity index (χ0v) is 22.8. The van der Waals surface area contributed by atoms with Crippen LogP contribution in [0.3, 0.4) is 0 Å². The van der Waals surface area contributed by atoms with Crippen LogP contribution in [0.2, 0.25) is 0 Å². The lowest BCUT2D eigenvalue weighted by Gasteiger charge is -2.26. The summed E-state index contributed by atoms with van der Waals surface area (Å²) in [6.45, 7) is 0. The third-order valence-corrected chi connectivity index (χ3v) is 7.65. The first-order chi connectivity index (χ1) is 19.3. The van der Waals surface area contributed by atoms with Crippen molar-refractivity contribution in [1.29, 1.82) is 0 Å². The Morgan fingerprint density at radius 3 is 1.72 bits per heavy atom. The van der Waals surface area contributed by atoms with Gasteiger partial charge in [0.05, 0.1) is 11.0 Å². The molecule has 0 saturated carbocycles. The number of rotatable bonds is 5. The van der Waals surface area contributed by atoms with E-state index in [-0.39, 0.29) is 0 Å². The van der Waals surface area contributed by atoms with Crippen LogP contribution in [0, 0.1) is 0 Å². The minimum atomic E-state index is 1.04. The lowest BCUT2D eigenvalue weighted by Crippen LogP contribution is -2.09. The van der Waals surface area contributed by atoms with Crippen LogP contribution in [-0.2, 0) is 0 Å². The van der Waals surface area contributed by atoms with E-state index >= 15 is 0 Å². The number of fused-ring (bicyclic) bond motifs is 3. The standard InChI is InChI=1S/C36H25BrN2/c37-28-22-27(23-32(25-28)38(29-12-4-1-5-13-29)30-14-6-2-7-15-30)26-20-21-34-33-18-10-11-19-35(33)39(36(34)24-26)31-16-8-3-9-17-31/h1-25H. The largest absolute Gasteiger partial charge is 0.310 e. The summed E-state index contributed by atoms with van der Waals surface area (Å²) >= 11 is 3.82. The fourth-order valence-electron chi connectivity index (χ4n) is 5.48. The first-order valence-electron chi connectivity index (χ1n) is 13.1. The van der Waals surface area contributed by atoms with Gasteiger partial charge in [0.1, 0.15) is 0 Å². The van der Waals surface area contributed by atoms with E-state index < -0.39 is 0 Å². The second-order valence-corrected chi connectivity index (χ2v) is 10.5. The molecule has 0 aliphatic heterocycles. The number of benzene rings is 6. The maximum absolute atomic E-state index is 3.82. The molecule has 6 aromatic carbocycles. The number of anilines is 3. The third kappa shape index (κ3) is 4.31. The molecule has 0 aliphatic rings. The summed E-state index contributed by atoms with van der Waals surface area (Å²) in [5.74, 6) is 0. The molecule has 0 spiro atoms. The Labute approximate surface area is 236 Å². The van der Waals surface area contributed by atoms with Crippen LogP contribution in [0.5, 0.6) is 0 Å². The van der Waals surface area contributed by atoms with Crippen molar-refractivity contribution >= 4 is 54.8 Å². The smallest absolute Gasteiger partial charge is 0.0547 e. The van der Waals surface area contributed by atoms with Crippen molar-refractivity contribution in [2.45, 2.75) is 0 Å². The SMILES string of the molecule is Brc1cc(-c2ccc3c4ccccc4n(-c4ccccc4)c3c2)cc(N(c2ccccc2)c2ccccc2)c1. The van der Waals surface area contributed by atoms with Crippen molar-refractivity contribution in [3.8, 4) is 16.8 Å². The predicted molar refractivity (Wildman–Crippen MR) is 169 cm³/mol. The van der Waals surface area contributed by atoms with Gasteiger partial charge in [-0.15, -0.1) is 0 Å². The second kappa shape index (κ2) is 9.94. The number of para-hydroxylation sites is 4. The normalized spacial score (nSPS) is 11.2. The third-order valence-electron chi connectivity index (χ3n) is 7.19. The molecule has 0 fully saturated rings. The highest BCUT2D eigenvalue weighted by Crippen LogP contribution is 2.40. The molecule has 0 radical (unpaired) electrons. The highest BCUT2D eigenvalue weighted by molar-refractivity contribution is 9.10. The number of halogens is 1. The predicted octanol–water partition coefficient (Wildman–Crippen LogP) is 10.7. The molecule has 0 amide bonds. The zero-order chi connectivity index (χ0) is 26.2. The van der Waals surface area contributed by atoms with E-state index in [0.29, 0.717) is 0 Å². The molecular formula is C36H25BrN2. The van der Waals surface area contributed by atoms with Crippen LogP contribution in [0.15, 0.2) is 156 Å². The molecule has 7 rings (SSSR count). The second-order valence-electron chi connectivity index (χ2n) is 9.62. The Bertz CT molecular complexity index is 1870. The summed E-state index contributed by atoms with van der Waals surface area (Å²) in [7, 11) is 0. The van der Waals surface area contributed by atoms with E-state index in [0.717, 1.165) is 32.8 Å². The van der Waals surface area contributed by atoms with Gasteiger partial charge in [0.15, 0.2) is 0 Å². The van der Waals surface area contributed by atoms with Gasteiger partial charge >= 0.3 is 0 Å². The summed E-state index contributed by atoms with van der Waals surface area (Å²) in [6, 6.07) is 53.8. The van der Waals surface area contributed by atoms with Gasteiger partial charge in [-0.3, -0.25) is 0 Å². The van der Waals surface area contributed by atoms with Crippen LogP contribution in [0.4, 0.5) is 17.1 Å². The van der Waals surface area contributed by atoms with Crippen molar-refractivity contribution in [3.63, 3.8) is 0 Å². The molecule has 1 heterocycles. The van der Waals surface area contributed by atoms with Crippen molar-refractivity contribution in [2.75, 3.05) is 4.90 Å². The summed E-state index contributed by atoms with van der Waals surface area (Å²) in [6.07, 6.45) is 0. The van der Waals surface area contributed by atoms with E-state index in [1.165, 1.54) is 27.4 Å².